The first kappa shape index (κ1) is 17.2. The van der Waals surface area contributed by atoms with Gasteiger partial charge in [-0.3, -0.25) is 0 Å². The second kappa shape index (κ2) is 7.09. The maximum Gasteiger partial charge on any atom is 0.318 e. The Hall–Kier alpha value is -0.630. The zero-order valence-corrected chi connectivity index (χ0v) is 15.9. The van der Waals surface area contributed by atoms with E-state index in [9.17, 15) is 4.39 Å². The third-order valence-electron chi connectivity index (χ3n) is 4.04. The maximum absolute atomic E-state index is 14.5. The number of likely N-dealkylation sites (tertiary alicyclic amines) is 1. The van der Waals surface area contributed by atoms with Crippen LogP contribution in [-0.4, -0.2) is 47.4 Å². The maximum atomic E-state index is 14.5. The number of fused-ring (bicyclic) bond motifs is 1. The number of rotatable bonds is 4. The van der Waals surface area contributed by atoms with Gasteiger partial charge in [0.15, 0.2) is 5.82 Å². The minimum absolute atomic E-state index is 0.204. The van der Waals surface area contributed by atoms with Crippen LogP contribution in [-0.2, 0) is 0 Å². The molecule has 1 aliphatic rings. The van der Waals surface area contributed by atoms with Crippen LogP contribution in [0.2, 0.25) is 5.02 Å². The first-order chi connectivity index (χ1) is 11.0. The summed E-state index contributed by atoms with van der Waals surface area (Å²) in [6, 6.07) is 2.23. The number of hydrogen-bond acceptors (Lipinski definition) is 5. The molecule has 0 bridgehead atoms. The molecule has 0 N–H and O–H groups in total. The molecule has 1 aromatic heterocycles. The third kappa shape index (κ3) is 3.43. The molecule has 23 heavy (non-hydrogen) atoms. The Morgan fingerprint density at radius 3 is 2.96 bits per heavy atom. The van der Waals surface area contributed by atoms with E-state index in [0.29, 0.717) is 28.1 Å². The van der Waals surface area contributed by atoms with Gasteiger partial charge in [-0.2, -0.15) is 9.97 Å². The lowest BCUT2D eigenvalue weighted by atomic mass is 10.2. The lowest BCUT2D eigenvalue weighted by Crippen LogP contribution is -2.30. The third-order valence-corrected chi connectivity index (χ3v) is 6.04. The van der Waals surface area contributed by atoms with Gasteiger partial charge in [-0.05, 0) is 54.7 Å². The Morgan fingerprint density at radius 2 is 2.30 bits per heavy atom. The van der Waals surface area contributed by atoms with Crippen molar-refractivity contribution in [2.45, 2.75) is 23.9 Å². The molecular formula is C15H16BrClFN3OS. The van der Waals surface area contributed by atoms with Gasteiger partial charge in [0.25, 0.3) is 0 Å². The first-order valence-corrected chi connectivity index (χ1v) is 9.63. The number of hydrogen-bond donors (Lipinski definition) is 0. The largest absolute Gasteiger partial charge is 0.462 e. The molecule has 4 nitrogen and oxygen atoms in total. The van der Waals surface area contributed by atoms with Crippen LogP contribution in [0.5, 0.6) is 6.01 Å². The highest BCUT2D eigenvalue weighted by atomic mass is 79.9. The standard InChI is InChI=1S/C15H16BrClFN3OS/c1-21-5-3-4-8(21)7-22-15-19-13-9(14(20-15)23-2)6-10(17)11(16)12(13)18/h6,8H,3-5,7H2,1-2H3. The minimum atomic E-state index is -0.493. The highest BCUT2D eigenvalue weighted by Crippen LogP contribution is 2.35. The molecule has 0 saturated carbocycles. The molecule has 8 heteroatoms. The summed E-state index contributed by atoms with van der Waals surface area (Å²) in [5.41, 5.74) is 0.218. The molecule has 1 unspecified atom stereocenters. The van der Waals surface area contributed by atoms with E-state index in [1.54, 1.807) is 6.07 Å². The lowest BCUT2D eigenvalue weighted by Gasteiger charge is -2.19. The van der Waals surface area contributed by atoms with E-state index in [-0.39, 0.29) is 16.0 Å². The van der Waals surface area contributed by atoms with E-state index < -0.39 is 5.82 Å². The van der Waals surface area contributed by atoms with Gasteiger partial charge >= 0.3 is 6.01 Å². The van der Waals surface area contributed by atoms with Crippen LogP contribution in [0.3, 0.4) is 0 Å². The van der Waals surface area contributed by atoms with Crippen molar-refractivity contribution in [3.8, 4) is 6.01 Å². The zero-order chi connectivity index (χ0) is 16.6. The summed E-state index contributed by atoms with van der Waals surface area (Å²) in [6.07, 6.45) is 4.14. The Balaban J connectivity index is 1.95. The monoisotopic (exact) mass is 419 g/mol. The summed E-state index contributed by atoms with van der Waals surface area (Å²) in [5, 5.41) is 1.54. The number of aromatic nitrogens is 2. The van der Waals surface area contributed by atoms with Gasteiger partial charge in [0.1, 0.15) is 17.1 Å². The van der Waals surface area contributed by atoms with E-state index >= 15 is 0 Å². The number of benzene rings is 1. The molecule has 0 amide bonds. The Morgan fingerprint density at radius 1 is 1.52 bits per heavy atom. The van der Waals surface area contributed by atoms with Crippen molar-refractivity contribution in [2.24, 2.45) is 0 Å². The second-order valence-corrected chi connectivity index (χ2v) is 7.48. The van der Waals surface area contributed by atoms with Crippen LogP contribution < -0.4 is 4.74 Å². The highest BCUT2D eigenvalue weighted by Gasteiger charge is 2.22. The summed E-state index contributed by atoms with van der Waals surface area (Å²) in [4.78, 5) is 10.9. The summed E-state index contributed by atoms with van der Waals surface area (Å²) in [7, 11) is 2.08. The van der Waals surface area contributed by atoms with E-state index in [4.69, 9.17) is 16.3 Å². The Bertz CT molecular complexity index is 748. The van der Waals surface area contributed by atoms with Crippen molar-refractivity contribution in [1.29, 1.82) is 0 Å². The molecule has 3 rings (SSSR count). The van der Waals surface area contributed by atoms with Crippen LogP contribution in [0.25, 0.3) is 10.9 Å². The molecule has 1 aliphatic heterocycles. The molecule has 2 heterocycles. The van der Waals surface area contributed by atoms with Gasteiger partial charge < -0.3 is 9.64 Å². The molecule has 0 spiro atoms. The van der Waals surface area contributed by atoms with E-state index in [2.05, 4.69) is 37.8 Å². The van der Waals surface area contributed by atoms with Crippen LogP contribution in [0.4, 0.5) is 4.39 Å². The first-order valence-electron chi connectivity index (χ1n) is 7.23. The number of ether oxygens (including phenoxy) is 1. The van der Waals surface area contributed by atoms with Gasteiger partial charge in [0.05, 0.1) is 9.50 Å². The summed E-state index contributed by atoms with van der Waals surface area (Å²) in [6.45, 7) is 1.58. The van der Waals surface area contributed by atoms with E-state index in [0.717, 1.165) is 13.0 Å². The van der Waals surface area contributed by atoms with Gasteiger partial charge in [0, 0.05) is 11.4 Å². The van der Waals surface area contributed by atoms with Crippen molar-refractivity contribution in [3.63, 3.8) is 0 Å². The van der Waals surface area contributed by atoms with Gasteiger partial charge in [-0.1, -0.05) is 11.6 Å². The molecule has 1 aromatic carbocycles. The molecule has 0 radical (unpaired) electrons. The number of likely N-dealkylation sites (N-methyl/N-ethyl adjacent to an activating group) is 1. The van der Waals surface area contributed by atoms with Crippen LogP contribution in [0, 0.1) is 5.82 Å². The Kier molecular flexibility index (Phi) is 5.30. The highest BCUT2D eigenvalue weighted by molar-refractivity contribution is 9.10. The molecule has 1 saturated heterocycles. The normalized spacial score (nSPS) is 18.7. The number of nitrogens with zero attached hydrogens (tertiary/aromatic N) is 3. The smallest absolute Gasteiger partial charge is 0.318 e. The van der Waals surface area contributed by atoms with E-state index in [1.165, 1.54) is 18.2 Å². The SMILES string of the molecule is CSc1nc(OCC2CCCN2C)nc2c(F)c(Br)c(Cl)cc12. The fraction of sp³-hybridized carbons (Fsp3) is 0.467. The van der Waals surface area contributed by atoms with Gasteiger partial charge in [-0.25, -0.2) is 4.39 Å². The van der Waals surface area contributed by atoms with E-state index in [1.807, 2.05) is 6.26 Å². The van der Waals surface area contributed by atoms with Crippen LogP contribution in [0.1, 0.15) is 12.8 Å². The summed E-state index contributed by atoms with van der Waals surface area (Å²) < 4.78 is 20.4. The average Bonchev–Trinajstić information content (AvgIpc) is 2.95. The summed E-state index contributed by atoms with van der Waals surface area (Å²) >= 11 is 10.6. The minimum Gasteiger partial charge on any atom is -0.462 e. The quantitative estimate of drug-likeness (QED) is 0.417. The van der Waals surface area contributed by atoms with Crippen LogP contribution >= 0.6 is 39.3 Å². The zero-order valence-electron chi connectivity index (χ0n) is 12.8. The van der Waals surface area contributed by atoms with Crippen LogP contribution in [0.15, 0.2) is 15.6 Å². The number of halogens is 3. The van der Waals surface area contributed by atoms with Gasteiger partial charge in [0.2, 0.25) is 0 Å². The van der Waals surface area contributed by atoms with Crippen molar-refractivity contribution >= 4 is 50.2 Å². The van der Waals surface area contributed by atoms with Gasteiger partial charge in [-0.15, -0.1) is 11.8 Å². The molecule has 1 fully saturated rings. The van der Waals surface area contributed by atoms with Crippen molar-refractivity contribution in [1.82, 2.24) is 14.9 Å². The predicted molar refractivity (Wildman–Crippen MR) is 95.1 cm³/mol. The fourth-order valence-corrected chi connectivity index (χ4v) is 3.75. The van der Waals surface area contributed by atoms with Crippen molar-refractivity contribution in [2.75, 3.05) is 26.5 Å². The predicted octanol–water partition coefficient (Wildman–Crippen LogP) is 4.38. The summed E-state index contributed by atoms with van der Waals surface area (Å²) in [5.74, 6) is -0.493. The molecule has 124 valence electrons. The molecule has 2 aromatic rings. The topological polar surface area (TPSA) is 38.2 Å². The second-order valence-electron chi connectivity index (χ2n) is 5.49. The average molecular weight is 421 g/mol. The molecular weight excluding hydrogens is 405 g/mol. The number of thioether (sulfide) groups is 1. The fourth-order valence-electron chi connectivity index (χ4n) is 2.71. The molecule has 0 aliphatic carbocycles. The van der Waals surface area contributed by atoms with Crippen molar-refractivity contribution in [3.05, 3.63) is 21.4 Å². The lowest BCUT2D eigenvalue weighted by molar-refractivity contribution is 0.187. The Labute approximate surface area is 151 Å². The molecule has 1 atom stereocenters. The van der Waals surface area contributed by atoms with Crippen molar-refractivity contribution < 1.29 is 9.13 Å².